The van der Waals surface area contributed by atoms with E-state index in [-0.39, 0.29) is 12.1 Å². The van der Waals surface area contributed by atoms with Crippen molar-refractivity contribution < 1.29 is 4.74 Å². The molecule has 3 nitrogen and oxygen atoms in total. The van der Waals surface area contributed by atoms with Crippen molar-refractivity contribution in [2.75, 3.05) is 14.2 Å². The van der Waals surface area contributed by atoms with Gasteiger partial charge in [0.25, 0.3) is 0 Å². The summed E-state index contributed by atoms with van der Waals surface area (Å²) < 4.78 is 4.25. The molecule has 266 valence electrons. The zero-order valence-electron chi connectivity index (χ0n) is 31.7. The molecule has 10 aromatic carbocycles. The molecule has 53 heavy (non-hydrogen) atoms. The van der Waals surface area contributed by atoms with Crippen LogP contribution in [0.2, 0.25) is 0 Å². The van der Waals surface area contributed by atoms with Crippen LogP contribution in [0, 0.1) is 0 Å². The van der Waals surface area contributed by atoms with E-state index in [0.29, 0.717) is 0 Å². The van der Waals surface area contributed by atoms with Gasteiger partial charge in [-0.3, -0.25) is 0 Å². The molecule has 10 aromatic rings. The number of ether oxygens (including phenoxy) is 1. The summed E-state index contributed by atoms with van der Waals surface area (Å²) in [6, 6.07) is 56.5. The minimum Gasteiger partial charge on any atom is -0.388 e. The van der Waals surface area contributed by atoms with Crippen LogP contribution in [0.25, 0.3) is 75.4 Å². The molecule has 0 aliphatic rings. The van der Waals surface area contributed by atoms with E-state index >= 15 is 0 Å². The molecule has 0 amide bonds. The van der Waals surface area contributed by atoms with E-state index in [1.165, 1.54) is 86.5 Å². The van der Waals surface area contributed by atoms with Gasteiger partial charge in [-0.1, -0.05) is 159 Å². The molecule has 2 atom stereocenters. The molecule has 0 bridgehead atoms. The van der Waals surface area contributed by atoms with Gasteiger partial charge in [0.05, 0.1) is 0 Å². The molecule has 0 radical (unpaired) electrons. The molecule has 0 saturated carbocycles. The Morgan fingerprint density at radius 2 is 0.642 bits per heavy atom. The van der Waals surface area contributed by atoms with Gasteiger partial charge >= 0.3 is 0 Å². The van der Waals surface area contributed by atoms with Crippen LogP contribution < -0.4 is 11.5 Å². The standard InChI is InChI=1S/C22H12.2C12H13N.C2H6O.C2H6/c1-3-13-7-9-15-11-12-16-10-8-14-4-2-6-18-17(5-1)19(13)21(15)22(16)20(14)18;2*1-9(13)11-7-6-10-4-2-3-5-12(10)8-11;1-3-2;1-2/h1-12H;2*2-9H,13H2,1H3;1-2H3;1-2H3. The summed E-state index contributed by atoms with van der Waals surface area (Å²) in [6.07, 6.45) is 0. The van der Waals surface area contributed by atoms with E-state index in [1.54, 1.807) is 14.2 Å². The molecule has 10 rings (SSSR count). The average molecular weight is 695 g/mol. The van der Waals surface area contributed by atoms with E-state index < -0.39 is 0 Å². The van der Waals surface area contributed by atoms with Gasteiger partial charge in [0.15, 0.2) is 0 Å². The van der Waals surface area contributed by atoms with Gasteiger partial charge in [-0.25, -0.2) is 0 Å². The molecule has 0 aliphatic heterocycles. The van der Waals surface area contributed by atoms with E-state index in [2.05, 4.69) is 138 Å². The molecule has 0 spiro atoms. The minimum absolute atomic E-state index is 0.115. The molecule has 0 heterocycles. The minimum atomic E-state index is 0.115. The molecular weight excluding hydrogens is 645 g/mol. The fourth-order valence-corrected chi connectivity index (χ4v) is 7.22. The van der Waals surface area contributed by atoms with Crippen LogP contribution >= 0.6 is 0 Å². The van der Waals surface area contributed by atoms with Gasteiger partial charge in [-0.2, -0.15) is 0 Å². The zero-order chi connectivity index (χ0) is 37.5. The predicted molar refractivity (Wildman–Crippen MR) is 234 cm³/mol. The number of hydrogen-bond donors (Lipinski definition) is 2. The highest BCUT2D eigenvalue weighted by molar-refractivity contribution is 6.39. The highest BCUT2D eigenvalue weighted by Gasteiger charge is 2.16. The number of benzene rings is 10. The maximum atomic E-state index is 5.80. The van der Waals surface area contributed by atoms with Crippen LogP contribution in [-0.4, -0.2) is 14.2 Å². The Kier molecular flexibility index (Phi) is 11.8. The van der Waals surface area contributed by atoms with Gasteiger partial charge in [-0.05, 0) is 113 Å². The van der Waals surface area contributed by atoms with Crippen LogP contribution in [0.5, 0.6) is 0 Å². The lowest BCUT2D eigenvalue weighted by Gasteiger charge is -2.17. The Balaban J connectivity index is 0.000000135. The molecule has 4 N–H and O–H groups in total. The lowest BCUT2D eigenvalue weighted by atomic mass is 9.86. The maximum absolute atomic E-state index is 5.80. The molecule has 0 saturated heterocycles. The highest BCUT2D eigenvalue weighted by Crippen LogP contribution is 2.44. The summed E-state index contributed by atoms with van der Waals surface area (Å²) >= 11 is 0. The van der Waals surface area contributed by atoms with Crippen molar-refractivity contribution in [2.45, 2.75) is 39.8 Å². The van der Waals surface area contributed by atoms with Crippen molar-refractivity contribution in [3.63, 3.8) is 0 Å². The lowest BCUT2D eigenvalue weighted by Crippen LogP contribution is -2.04. The highest BCUT2D eigenvalue weighted by atomic mass is 16.4. The monoisotopic (exact) mass is 694 g/mol. The number of fused-ring (bicyclic) bond motifs is 3. The largest absolute Gasteiger partial charge is 0.388 e. The number of nitrogens with two attached hydrogens (primary N) is 2. The SMILES string of the molecule is CC.CC(N)c1ccc2ccccc2c1.CC(N)c1ccc2ccccc2c1.COC.c1cc2ccc3ccc4ccc5cccc6c(c1)c2c3c4c56. The average Bonchev–Trinajstić information content (AvgIpc) is 3.21. The first-order valence-corrected chi connectivity index (χ1v) is 18.6. The normalized spacial score (nSPS) is 12.1. The first-order valence-electron chi connectivity index (χ1n) is 18.6. The Bertz CT molecular complexity index is 2510. The van der Waals surface area contributed by atoms with Crippen molar-refractivity contribution >= 4 is 75.4 Å². The summed E-state index contributed by atoms with van der Waals surface area (Å²) in [7, 11) is 3.25. The number of methoxy groups -OCH3 is 1. The summed E-state index contributed by atoms with van der Waals surface area (Å²) in [5.41, 5.74) is 14.0. The second-order valence-corrected chi connectivity index (χ2v) is 13.4. The first-order chi connectivity index (χ1) is 25.9. The topological polar surface area (TPSA) is 61.3 Å². The number of rotatable bonds is 2. The molecule has 0 aromatic heterocycles. The van der Waals surface area contributed by atoms with E-state index in [4.69, 9.17) is 11.5 Å². The molecule has 3 heteroatoms. The quantitative estimate of drug-likeness (QED) is 0.140. The van der Waals surface area contributed by atoms with Crippen molar-refractivity contribution in [3.8, 4) is 0 Å². The summed E-state index contributed by atoms with van der Waals surface area (Å²) in [5.74, 6) is 0. The Morgan fingerprint density at radius 1 is 0.358 bits per heavy atom. The summed E-state index contributed by atoms with van der Waals surface area (Å²) in [5, 5.41) is 18.9. The third-order valence-electron chi connectivity index (χ3n) is 9.74. The molecule has 0 aliphatic carbocycles. The fraction of sp³-hybridized carbons (Fsp3) is 0.160. The van der Waals surface area contributed by atoms with Crippen LogP contribution in [0.15, 0.2) is 158 Å². The van der Waals surface area contributed by atoms with Gasteiger partial charge in [0, 0.05) is 26.3 Å². The van der Waals surface area contributed by atoms with Gasteiger partial charge in [0.2, 0.25) is 0 Å². The van der Waals surface area contributed by atoms with Gasteiger partial charge in [0.1, 0.15) is 0 Å². The predicted octanol–water partition coefficient (Wildman–Crippen LogP) is 13.3. The first kappa shape index (κ1) is 37.2. The third kappa shape index (κ3) is 7.65. The van der Waals surface area contributed by atoms with E-state index in [1.807, 2.05) is 52.0 Å². The van der Waals surface area contributed by atoms with Crippen molar-refractivity contribution in [1.29, 1.82) is 0 Å². The smallest absolute Gasteiger partial charge is 0.0351 e. The lowest BCUT2D eigenvalue weighted by molar-refractivity contribution is 0.277. The second-order valence-electron chi connectivity index (χ2n) is 13.4. The fourth-order valence-electron chi connectivity index (χ4n) is 7.22. The van der Waals surface area contributed by atoms with Crippen LogP contribution in [-0.2, 0) is 4.74 Å². The van der Waals surface area contributed by atoms with Crippen molar-refractivity contribution in [1.82, 2.24) is 0 Å². The van der Waals surface area contributed by atoms with Crippen molar-refractivity contribution in [3.05, 3.63) is 169 Å². The second kappa shape index (κ2) is 16.8. The van der Waals surface area contributed by atoms with E-state index in [0.717, 1.165) is 0 Å². The summed E-state index contributed by atoms with van der Waals surface area (Å²) in [4.78, 5) is 0. The number of hydrogen-bond acceptors (Lipinski definition) is 3. The van der Waals surface area contributed by atoms with Gasteiger partial charge < -0.3 is 16.2 Å². The summed E-state index contributed by atoms with van der Waals surface area (Å²) in [6.45, 7) is 8.01. The molecule has 2 unspecified atom stereocenters. The maximum Gasteiger partial charge on any atom is 0.0351 e. The van der Waals surface area contributed by atoms with Crippen LogP contribution in [0.1, 0.15) is 50.9 Å². The van der Waals surface area contributed by atoms with Crippen molar-refractivity contribution in [2.24, 2.45) is 11.5 Å². The van der Waals surface area contributed by atoms with E-state index in [9.17, 15) is 0 Å². The van der Waals surface area contributed by atoms with Crippen LogP contribution in [0.4, 0.5) is 0 Å². The van der Waals surface area contributed by atoms with Crippen LogP contribution in [0.3, 0.4) is 0 Å². The Hall–Kier alpha value is -5.58. The van der Waals surface area contributed by atoms with Gasteiger partial charge in [-0.15, -0.1) is 0 Å². The molecule has 0 fully saturated rings. The molecular formula is C50H50N2O. The Labute approximate surface area is 313 Å². The zero-order valence-corrected chi connectivity index (χ0v) is 31.7. The Morgan fingerprint density at radius 3 is 0.981 bits per heavy atom. The third-order valence-corrected chi connectivity index (χ3v) is 9.74.